The summed E-state index contributed by atoms with van der Waals surface area (Å²) >= 11 is 0. The Morgan fingerprint density at radius 1 is 0.742 bits per heavy atom. The van der Waals surface area contributed by atoms with Crippen molar-refractivity contribution in [1.29, 1.82) is 0 Å². The van der Waals surface area contributed by atoms with E-state index in [0.29, 0.717) is 5.75 Å². The highest BCUT2D eigenvalue weighted by atomic mass is 16.6. The van der Waals surface area contributed by atoms with Gasteiger partial charge in [0.25, 0.3) is 23.2 Å². The summed E-state index contributed by atoms with van der Waals surface area (Å²) in [6.45, 7) is 0. The molecule has 0 saturated carbocycles. The lowest BCUT2D eigenvalue weighted by Gasteiger charge is -2.12. The number of nitrogens with one attached hydrogen (secondary N) is 1. The second-order valence-corrected chi connectivity index (χ2v) is 6.61. The Bertz CT molecular complexity index is 1300. The van der Waals surface area contributed by atoms with E-state index in [9.17, 15) is 29.8 Å². The summed E-state index contributed by atoms with van der Waals surface area (Å²) in [6.07, 6.45) is 0. The molecule has 0 radical (unpaired) electrons. The number of carbonyl (C=O) groups excluding carboxylic acids is 2. The molecule has 3 aromatic rings. The van der Waals surface area contributed by atoms with E-state index in [2.05, 4.69) is 5.32 Å². The highest BCUT2D eigenvalue weighted by molar-refractivity contribution is 6.27. The number of hydrogen-bond donors (Lipinski definition) is 1. The first-order chi connectivity index (χ1) is 14.8. The van der Waals surface area contributed by atoms with Gasteiger partial charge in [-0.3, -0.25) is 35.1 Å². The molecule has 1 aliphatic heterocycles. The van der Waals surface area contributed by atoms with Crippen molar-refractivity contribution in [2.24, 2.45) is 0 Å². The van der Waals surface area contributed by atoms with E-state index in [0.717, 1.165) is 0 Å². The number of ether oxygens (including phenoxy) is 1. The normalized spacial score (nSPS) is 12.3. The highest BCUT2D eigenvalue weighted by Crippen LogP contribution is 2.42. The summed E-state index contributed by atoms with van der Waals surface area (Å²) in [4.78, 5) is 47.1. The van der Waals surface area contributed by atoms with E-state index in [-0.39, 0.29) is 44.8 Å². The fourth-order valence-corrected chi connectivity index (χ4v) is 3.63. The number of para-hydroxylation sites is 1. The van der Waals surface area contributed by atoms with Gasteiger partial charge in [0.1, 0.15) is 5.75 Å². The van der Waals surface area contributed by atoms with Gasteiger partial charge in [-0.2, -0.15) is 0 Å². The van der Waals surface area contributed by atoms with Crippen molar-refractivity contribution >= 4 is 23.2 Å². The molecule has 2 amide bonds. The molecular formula is C21H13N3O7. The van der Waals surface area contributed by atoms with Crippen molar-refractivity contribution in [3.63, 3.8) is 0 Å². The van der Waals surface area contributed by atoms with Gasteiger partial charge in [-0.05, 0) is 18.2 Å². The molecule has 0 unspecified atom stereocenters. The first-order valence-electron chi connectivity index (χ1n) is 8.92. The van der Waals surface area contributed by atoms with Crippen LogP contribution in [0.5, 0.6) is 5.75 Å². The molecule has 1 aliphatic rings. The number of hydrogen-bond acceptors (Lipinski definition) is 7. The summed E-state index contributed by atoms with van der Waals surface area (Å²) in [6, 6.07) is 12.7. The predicted octanol–water partition coefficient (Wildman–Crippen LogP) is 3.73. The van der Waals surface area contributed by atoms with Crippen LogP contribution >= 0.6 is 0 Å². The Morgan fingerprint density at radius 2 is 1.29 bits per heavy atom. The van der Waals surface area contributed by atoms with Gasteiger partial charge in [-0.25, -0.2) is 0 Å². The molecule has 154 valence electrons. The van der Waals surface area contributed by atoms with Crippen LogP contribution in [-0.2, 0) is 0 Å². The van der Waals surface area contributed by atoms with E-state index in [1.165, 1.54) is 55.6 Å². The number of benzene rings is 3. The molecule has 4 rings (SSSR count). The van der Waals surface area contributed by atoms with Crippen LogP contribution in [0.2, 0.25) is 0 Å². The second kappa shape index (κ2) is 7.34. The number of methoxy groups -OCH3 is 1. The predicted molar refractivity (Wildman–Crippen MR) is 109 cm³/mol. The van der Waals surface area contributed by atoms with Crippen molar-refractivity contribution in [3.8, 4) is 28.0 Å². The van der Waals surface area contributed by atoms with Crippen LogP contribution < -0.4 is 10.1 Å². The Balaban J connectivity index is 2.05. The number of fused-ring (bicyclic) bond motifs is 1. The zero-order chi connectivity index (χ0) is 22.3. The molecular weight excluding hydrogens is 406 g/mol. The molecule has 0 saturated heterocycles. The lowest BCUT2D eigenvalue weighted by atomic mass is 9.89. The molecule has 0 fully saturated rings. The van der Waals surface area contributed by atoms with Gasteiger partial charge in [0, 0.05) is 23.3 Å². The van der Waals surface area contributed by atoms with Crippen LogP contribution in [0.25, 0.3) is 22.3 Å². The minimum atomic E-state index is -0.743. The number of amides is 2. The van der Waals surface area contributed by atoms with Gasteiger partial charge in [0.15, 0.2) is 0 Å². The largest absolute Gasteiger partial charge is 0.497 e. The lowest BCUT2D eigenvalue weighted by Crippen LogP contribution is -2.20. The fourth-order valence-electron chi connectivity index (χ4n) is 3.63. The number of nitrogens with zero attached hydrogens (tertiary/aromatic N) is 2. The second-order valence-electron chi connectivity index (χ2n) is 6.61. The van der Waals surface area contributed by atoms with Gasteiger partial charge < -0.3 is 4.74 Å². The van der Waals surface area contributed by atoms with Gasteiger partial charge in [0.2, 0.25) is 0 Å². The van der Waals surface area contributed by atoms with Gasteiger partial charge in [0.05, 0.1) is 39.2 Å². The number of nitro benzene ring substituents is 2. The third-order valence-corrected chi connectivity index (χ3v) is 4.97. The third kappa shape index (κ3) is 3.15. The number of rotatable bonds is 5. The van der Waals surface area contributed by atoms with Gasteiger partial charge >= 0.3 is 0 Å². The smallest absolute Gasteiger partial charge is 0.277 e. The van der Waals surface area contributed by atoms with Crippen LogP contribution in [0, 0.1) is 20.2 Å². The van der Waals surface area contributed by atoms with Crippen LogP contribution in [0.4, 0.5) is 11.4 Å². The fraction of sp³-hybridized carbons (Fsp3) is 0.0476. The molecule has 0 spiro atoms. The topological polar surface area (TPSA) is 142 Å². The van der Waals surface area contributed by atoms with Gasteiger partial charge in [-0.15, -0.1) is 0 Å². The molecule has 0 aromatic heterocycles. The quantitative estimate of drug-likeness (QED) is 0.377. The number of imide groups is 1. The van der Waals surface area contributed by atoms with Crippen molar-refractivity contribution in [2.75, 3.05) is 7.11 Å². The SMILES string of the molecule is COc1ccc([N+](=O)[O-])c(-c2ccc(-c3ccccc3[N+](=O)[O-])c3c2C(=O)NC3=O)c1. The minimum Gasteiger partial charge on any atom is -0.497 e. The first-order valence-corrected chi connectivity index (χ1v) is 8.92. The van der Waals surface area contributed by atoms with Crippen molar-refractivity contribution in [1.82, 2.24) is 5.32 Å². The van der Waals surface area contributed by atoms with Crippen molar-refractivity contribution < 1.29 is 24.2 Å². The summed E-state index contributed by atoms with van der Waals surface area (Å²) < 4.78 is 5.15. The lowest BCUT2D eigenvalue weighted by molar-refractivity contribution is -0.384. The number of nitro groups is 2. The third-order valence-electron chi connectivity index (χ3n) is 4.97. The standard InChI is InChI=1S/C21H13N3O7/c1-31-11-6-9-17(24(29)30)15(10-11)14-8-7-13(18-19(14)21(26)22-20(18)25)12-4-2-3-5-16(12)23(27)28/h2-10H,1H3,(H,22,25,26). The van der Waals surface area contributed by atoms with E-state index >= 15 is 0 Å². The van der Waals surface area contributed by atoms with Crippen LogP contribution in [0.3, 0.4) is 0 Å². The maximum atomic E-state index is 12.6. The molecule has 1 N–H and O–H groups in total. The average molecular weight is 419 g/mol. The van der Waals surface area contributed by atoms with Crippen molar-refractivity contribution in [3.05, 3.63) is 86.0 Å². The van der Waals surface area contributed by atoms with Crippen LogP contribution in [0.1, 0.15) is 20.7 Å². The minimum absolute atomic E-state index is 0.0751. The Morgan fingerprint density at radius 3 is 1.87 bits per heavy atom. The Hall–Kier alpha value is -4.60. The molecule has 0 atom stereocenters. The Labute approximate surface area is 174 Å². The summed E-state index contributed by atoms with van der Waals surface area (Å²) in [7, 11) is 1.39. The van der Waals surface area contributed by atoms with E-state index in [1.54, 1.807) is 6.07 Å². The summed E-state index contributed by atoms with van der Waals surface area (Å²) in [5.41, 5.74) is -0.123. The van der Waals surface area contributed by atoms with E-state index in [4.69, 9.17) is 4.74 Å². The van der Waals surface area contributed by atoms with E-state index in [1.807, 2.05) is 0 Å². The maximum absolute atomic E-state index is 12.6. The maximum Gasteiger partial charge on any atom is 0.277 e. The van der Waals surface area contributed by atoms with Crippen LogP contribution in [0.15, 0.2) is 54.6 Å². The molecule has 0 aliphatic carbocycles. The summed E-state index contributed by atoms with van der Waals surface area (Å²) in [5.74, 6) is -1.16. The Kier molecular flexibility index (Phi) is 4.66. The first kappa shape index (κ1) is 19.7. The van der Waals surface area contributed by atoms with E-state index < -0.39 is 21.7 Å². The zero-order valence-corrected chi connectivity index (χ0v) is 15.9. The molecule has 31 heavy (non-hydrogen) atoms. The average Bonchev–Trinajstić information content (AvgIpc) is 3.07. The number of carbonyl (C=O) groups is 2. The monoisotopic (exact) mass is 419 g/mol. The molecule has 10 nitrogen and oxygen atoms in total. The summed E-state index contributed by atoms with van der Waals surface area (Å²) in [5, 5.41) is 25.2. The highest BCUT2D eigenvalue weighted by Gasteiger charge is 2.36. The zero-order valence-electron chi connectivity index (χ0n) is 15.9. The molecule has 1 heterocycles. The molecule has 10 heteroatoms. The molecule has 0 bridgehead atoms. The molecule has 3 aromatic carbocycles. The van der Waals surface area contributed by atoms with Gasteiger partial charge in [-0.1, -0.05) is 24.3 Å². The van der Waals surface area contributed by atoms with Crippen molar-refractivity contribution in [2.45, 2.75) is 0 Å². The van der Waals surface area contributed by atoms with Crippen LogP contribution in [-0.4, -0.2) is 28.8 Å².